The Hall–Kier alpha value is -1.90. The number of nitrogens with zero attached hydrogens (tertiary/aromatic N) is 1. The van der Waals surface area contributed by atoms with Gasteiger partial charge < -0.3 is 5.32 Å². The van der Waals surface area contributed by atoms with Crippen LogP contribution in [0.2, 0.25) is 0 Å². The topological polar surface area (TPSA) is 41.5 Å². The molecule has 0 spiro atoms. The highest BCUT2D eigenvalue weighted by molar-refractivity contribution is 5.95. The minimum Gasteiger partial charge on any atom is -0.348 e. The Bertz CT molecular complexity index is 529. The van der Waals surface area contributed by atoms with Gasteiger partial charge in [-0.05, 0) is 43.4 Å². The molecule has 0 radical (unpaired) electrons. The Morgan fingerprint density at radius 2 is 2.11 bits per heavy atom. The summed E-state index contributed by atoms with van der Waals surface area (Å²) in [6.45, 7) is 4.68. The standard InChI is InChI=1S/C16H20N2O/c1-3-14-6-4-5-7-15(14)16(19)18-11-13-9-8-12(2)17-10-13/h4-7,10H,3,8-9,11H2,1-2H3,(H,18,19). The Kier molecular flexibility index (Phi) is 4.50. The van der Waals surface area contributed by atoms with Gasteiger partial charge in [-0.3, -0.25) is 9.79 Å². The molecule has 3 nitrogen and oxygen atoms in total. The molecule has 0 aliphatic carbocycles. The lowest BCUT2D eigenvalue weighted by atomic mass is 10.0. The van der Waals surface area contributed by atoms with Gasteiger partial charge in [-0.2, -0.15) is 0 Å². The number of aryl methyl sites for hydroxylation is 1. The number of nitrogens with one attached hydrogen (secondary N) is 1. The van der Waals surface area contributed by atoms with Crippen molar-refractivity contribution in [1.29, 1.82) is 0 Å². The molecule has 0 bridgehead atoms. The molecule has 0 atom stereocenters. The zero-order chi connectivity index (χ0) is 13.7. The van der Waals surface area contributed by atoms with Crippen LogP contribution in [0, 0.1) is 0 Å². The van der Waals surface area contributed by atoms with E-state index < -0.39 is 0 Å². The minimum atomic E-state index is 0.00428. The van der Waals surface area contributed by atoms with E-state index in [4.69, 9.17) is 0 Å². The highest BCUT2D eigenvalue weighted by Crippen LogP contribution is 2.13. The van der Waals surface area contributed by atoms with Gasteiger partial charge in [0.1, 0.15) is 0 Å². The van der Waals surface area contributed by atoms with Crippen molar-refractivity contribution in [3.8, 4) is 0 Å². The molecular weight excluding hydrogens is 236 g/mol. The number of carbonyl (C=O) groups excluding carboxylic acids is 1. The highest BCUT2D eigenvalue weighted by Gasteiger charge is 2.11. The van der Waals surface area contributed by atoms with Crippen molar-refractivity contribution in [2.75, 3.05) is 6.54 Å². The molecule has 19 heavy (non-hydrogen) atoms. The lowest BCUT2D eigenvalue weighted by Gasteiger charge is -2.13. The van der Waals surface area contributed by atoms with Crippen LogP contribution in [0.3, 0.4) is 0 Å². The molecule has 1 aromatic carbocycles. The van der Waals surface area contributed by atoms with Gasteiger partial charge in [-0.15, -0.1) is 0 Å². The van der Waals surface area contributed by atoms with Gasteiger partial charge >= 0.3 is 0 Å². The molecule has 0 saturated carbocycles. The van der Waals surface area contributed by atoms with E-state index in [9.17, 15) is 4.79 Å². The SMILES string of the molecule is CCc1ccccc1C(=O)NCC1=CN=C(C)CC1. The van der Waals surface area contributed by atoms with Crippen molar-refractivity contribution in [3.05, 3.63) is 47.2 Å². The second-order valence-corrected chi connectivity index (χ2v) is 4.85. The van der Waals surface area contributed by atoms with Crippen LogP contribution < -0.4 is 5.32 Å². The maximum absolute atomic E-state index is 12.2. The molecule has 1 aromatic rings. The fraction of sp³-hybridized carbons (Fsp3) is 0.375. The summed E-state index contributed by atoms with van der Waals surface area (Å²) in [6, 6.07) is 7.76. The molecular formula is C16H20N2O. The van der Waals surface area contributed by atoms with E-state index in [1.807, 2.05) is 37.4 Å². The third-order valence-electron chi connectivity index (χ3n) is 3.39. The number of amides is 1. The number of hydrogen-bond donors (Lipinski definition) is 1. The molecule has 100 valence electrons. The van der Waals surface area contributed by atoms with Crippen LogP contribution in [0.5, 0.6) is 0 Å². The van der Waals surface area contributed by atoms with Crippen LogP contribution in [-0.2, 0) is 6.42 Å². The molecule has 2 rings (SSSR count). The summed E-state index contributed by atoms with van der Waals surface area (Å²) in [6.07, 6.45) is 4.74. The van der Waals surface area contributed by atoms with Crippen LogP contribution in [0.1, 0.15) is 42.6 Å². The molecule has 1 aliphatic heterocycles. The zero-order valence-corrected chi connectivity index (χ0v) is 11.6. The van der Waals surface area contributed by atoms with Gasteiger partial charge in [0, 0.05) is 24.0 Å². The molecule has 3 heteroatoms. The summed E-state index contributed by atoms with van der Waals surface area (Å²) < 4.78 is 0. The summed E-state index contributed by atoms with van der Waals surface area (Å²) in [5.41, 5.74) is 4.21. The van der Waals surface area contributed by atoms with Crippen LogP contribution in [0.4, 0.5) is 0 Å². The number of hydrogen-bond acceptors (Lipinski definition) is 2. The average molecular weight is 256 g/mol. The monoisotopic (exact) mass is 256 g/mol. The maximum Gasteiger partial charge on any atom is 0.251 e. The Labute approximate surface area is 114 Å². The quantitative estimate of drug-likeness (QED) is 0.883. The van der Waals surface area contributed by atoms with Crippen molar-refractivity contribution in [3.63, 3.8) is 0 Å². The molecule has 0 saturated heterocycles. The number of benzene rings is 1. The van der Waals surface area contributed by atoms with E-state index in [0.717, 1.165) is 36.1 Å². The molecule has 1 heterocycles. The summed E-state index contributed by atoms with van der Waals surface area (Å²) in [7, 11) is 0. The first-order chi connectivity index (χ1) is 9.20. The molecule has 1 amide bonds. The van der Waals surface area contributed by atoms with E-state index in [1.165, 1.54) is 5.57 Å². The molecule has 1 N–H and O–H groups in total. The van der Waals surface area contributed by atoms with Crippen LogP contribution in [0.25, 0.3) is 0 Å². The van der Waals surface area contributed by atoms with Crippen molar-refractivity contribution in [2.45, 2.75) is 33.1 Å². The fourth-order valence-electron chi connectivity index (χ4n) is 2.15. The Morgan fingerprint density at radius 3 is 2.79 bits per heavy atom. The van der Waals surface area contributed by atoms with Crippen LogP contribution >= 0.6 is 0 Å². The largest absolute Gasteiger partial charge is 0.348 e. The fourth-order valence-corrected chi connectivity index (χ4v) is 2.15. The Balaban J connectivity index is 1.98. The average Bonchev–Trinajstić information content (AvgIpc) is 2.46. The van der Waals surface area contributed by atoms with E-state index in [0.29, 0.717) is 6.54 Å². The van der Waals surface area contributed by atoms with Crippen molar-refractivity contribution < 1.29 is 4.79 Å². The third kappa shape index (κ3) is 3.53. The van der Waals surface area contributed by atoms with Gasteiger partial charge in [0.25, 0.3) is 5.91 Å². The Morgan fingerprint density at radius 1 is 1.32 bits per heavy atom. The predicted octanol–water partition coefficient (Wildman–Crippen LogP) is 3.12. The normalized spacial score (nSPS) is 14.6. The lowest BCUT2D eigenvalue weighted by molar-refractivity contribution is 0.0956. The van der Waals surface area contributed by atoms with Crippen molar-refractivity contribution in [2.24, 2.45) is 4.99 Å². The lowest BCUT2D eigenvalue weighted by Crippen LogP contribution is -2.27. The van der Waals surface area contributed by atoms with Gasteiger partial charge in [0.15, 0.2) is 0 Å². The van der Waals surface area contributed by atoms with Crippen LogP contribution in [0.15, 0.2) is 41.0 Å². The molecule has 0 fully saturated rings. The summed E-state index contributed by atoms with van der Waals surface area (Å²) in [5.74, 6) is 0.00428. The second kappa shape index (κ2) is 6.32. The van der Waals surface area contributed by atoms with Gasteiger partial charge in [0.2, 0.25) is 0 Å². The zero-order valence-electron chi connectivity index (χ0n) is 11.6. The highest BCUT2D eigenvalue weighted by atomic mass is 16.1. The first kappa shape index (κ1) is 13.5. The smallest absolute Gasteiger partial charge is 0.251 e. The third-order valence-corrected chi connectivity index (χ3v) is 3.39. The van der Waals surface area contributed by atoms with E-state index in [1.54, 1.807) is 0 Å². The molecule has 0 unspecified atom stereocenters. The first-order valence-electron chi connectivity index (χ1n) is 6.78. The van der Waals surface area contributed by atoms with Gasteiger partial charge in [-0.25, -0.2) is 0 Å². The van der Waals surface area contributed by atoms with E-state index >= 15 is 0 Å². The van der Waals surface area contributed by atoms with Crippen molar-refractivity contribution in [1.82, 2.24) is 5.32 Å². The number of aliphatic imine (C=N–C) groups is 1. The van der Waals surface area contributed by atoms with Gasteiger partial charge in [0.05, 0.1) is 0 Å². The summed E-state index contributed by atoms with van der Waals surface area (Å²) >= 11 is 0. The van der Waals surface area contributed by atoms with Gasteiger partial charge in [-0.1, -0.05) is 25.1 Å². The summed E-state index contributed by atoms with van der Waals surface area (Å²) in [4.78, 5) is 16.5. The van der Waals surface area contributed by atoms with E-state index in [2.05, 4.69) is 17.2 Å². The second-order valence-electron chi connectivity index (χ2n) is 4.85. The molecule has 1 aliphatic rings. The number of carbonyl (C=O) groups is 1. The summed E-state index contributed by atoms with van der Waals surface area (Å²) in [5, 5.41) is 2.98. The van der Waals surface area contributed by atoms with E-state index in [-0.39, 0.29) is 5.91 Å². The maximum atomic E-state index is 12.2. The number of rotatable bonds is 4. The molecule has 0 aromatic heterocycles. The van der Waals surface area contributed by atoms with Crippen LogP contribution in [-0.4, -0.2) is 18.2 Å². The minimum absolute atomic E-state index is 0.00428. The van der Waals surface area contributed by atoms with Crippen molar-refractivity contribution >= 4 is 11.6 Å². The predicted molar refractivity (Wildman–Crippen MR) is 78.6 cm³/mol. The first-order valence-corrected chi connectivity index (χ1v) is 6.78.